The van der Waals surface area contributed by atoms with Gasteiger partial charge in [0.15, 0.2) is 5.82 Å². The van der Waals surface area contributed by atoms with Crippen molar-refractivity contribution in [3.05, 3.63) is 70.0 Å². The number of benzene rings is 2. The molecule has 8 heteroatoms. The van der Waals surface area contributed by atoms with Gasteiger partial charge >= 0.3 is 5.97 Å². The van der Waals surface area contributed by atoms with Gasteiger partial charge in [0, 0.05) is 7.05 Å². The maximum atomic E-state index is 11.6. The summed E-state index contributed by atoms with van der Waals surface area (Å²) >= 11 is 0. The first-order valence-electron chi connectivity index (χ1n) is 9.84. The van der Waals surface area contributed by atoms with Gasteiger partial charge in [-0.3, -0.25) is 4.79 Å². The van der Waals surface area contributed by atoms with E-state index in [1.54, 1.807) is 22.9 Å². The quantitative estimate of drug-likeness (QED) is 0.627. The van der Waals surface area contributed by atoms with E-state index in [4.69, 9.17) is 4.74 Å². The number of hydrogen-bond acceptors (Lipinski definition) is 6. The molecule has 1 heterocycles. The monoisotopic (exact) mass is 406 g/mol. The predicted molar refractivity (Wildman–Crippen MR) is 108 cm³/mol. The molecule has 3 aromatic rings. The molecule has 1 aromatic heterocycles. The van der Waals surface area contributed by atoms with Crippen LogP contribution in [0.5, 0.6) is 5.75 Å². The van der Waals surface area contributed by atoms with Crippen LogP contribution >= 0.6 is 0 Å². The number of carbonyl (C=O) groups is 2. The first kappa shape index (κ1) is 19.8. The Morgan fingerprint density at radius 2 is 1.90 bits per heavy atom. The highest BCUT2D eigenvalue weighted by molar-refractivity contribution is 5.88. The van der Waals surface area contributed by atoms with Crippen molar-refractivity contribution >= 4 is 12.4 Å². The van der Waals surface area contributed by atoms with E-state index in [9.17, 15) is 14.7 Å². The maximum Gasteiger partial charge on any atom is 0.335 e. The lowest BCUT2D eigenvalue weighted by Crippen LogP contribution is -2.34. The highest BCUT2D eigenvalue weighted by atomic mass is 16.5. The molecule has 2 aromatic carbocycles. The number of tetrazole rings is 1. The summed E-state index contributed by atoms with van der Waals surface area (Å²) in [5.74, 6) is 0.214. The minimum atomic E-state index is -0.956. The molecule has 1 N–H and O–H groups in total. The molecule has 0 bridgehead atoms. The highest BCUT2D eigenvalue weighted by Crippen LogP contribution is 2.47. The zero-order valence-corrected chi connectivity index (χ0v) is 16.8. The molecule has 0 aliphatic heterocycles. The van der Waals surface area contributed by atoms with Crippen LogP contribution in [0.1, 0.15) is 58.2 Å². The summed E-state index contributed by atoms with van der Waals surface area (Å²) < 4.78 is 6.76. The summed E-state index contributed by atoms with van der Waals surface area (Å²) in [5, 5.41) is 21.9. The topological polar surface area (TPSA) is 107 Å². The largest absolute Gasteiger partial charge is 0.478 e. The lowest BCUT2D eigenvalue weighted by atomic mass is 9.68. The summed E-state index contributed by atoms with van der Waals surface area (Å²) in [6.45, 7) is 2.52. The van der Waals surface area contributed by atoms with Gasteiger partial charge in [-0.1, -0.05) is 25.5 Å². The van der Waals surface area contributed by atoms with E-state index >= 15 is 0 Å². The first-order chi connectivity index (χ1) is 14.5. The number of carbonyl (C=O) groups excluding carboxylic acids is 1. The van der Waals surface area contributed by atoms with Crippen LogP contribution in [0, 0.1) is 0 Å². The Morgan fingerprint density at radius 3 is 2.50 bits per heavy atom. The molecule has 4 rings (SSSR count). The normalized spacial score (nSPS) is 17.5. The average Bonchev–Trinajstić information content (AvgIpc) is 3.12. The van der Waals surface area contributed by atoms with E-state index in [0.717, 1.165) is 35.1 Å². The summed E-state index contributed by atoms with van der Waals surface area (Å²) in [4.78, 5) is 22.4. The van der Waals surface area contributed by atoms with E-state index < -0.39 is 11.4 Å². The van der Waals surface area contributed by atoms with Crippen LogP contribution in [0.15, 0.2) is 36.4 Å². The van der Waals surface area contributed by atoms with Gasteiger partial charge < -0.3 is 9.84 Å². The van der Waals surface area contributed by atoms with Crippen molar-refractivity contribution in [2.75, 3.05) is 0 Å². The van der Waals surface area contributed by atoms with Gasteiger partial charge in [0.1, 0.15) is 5.75 Å². The van der Waals surface area contributed by atoms with E-state index in [2.05, 4.69) is 22.4 Å². The van der Waals surface area contributed by atoms with E-state index in [1.165, 1.54) is 0 Å². The predicted octanol–water partition coefficient (Wildman–Crippen LogP) is 2.68. The molecule has 0 amide bonds. The maximum absolute atomic E-state index is 11.6. The minimum absolute atomic E-state index is 0.256. The molecule has 30 heavy (non-hydrogen) atoms. The summed E-state index contributed by atoms with van der Waals surface area (Å²) in [5.41, 5.74) is 3.65. The third kappa shape index (κ3) is 3.04. The minimum Gasteiger partial charge on any atom is -0.478 e. The van der Waals surface area contributed by atoms with Gasteiger partial charge in [-0.05, 0) is 76.2 Å². The van der Waals surface area contributed by atoms with E-state index in [1.807, 2.05) is 25.2 Å². The van der Waals surface area contributed by atoms with Crippen LogP contribution < -0.4 is 4.74 Å². The van der Waals surface area contributed by atoms with Crippen molar-refractivity contribution in [2.24, 2.45) is 7.05 Å². The van der Waals surface area contributed by atoms with Gasteiger partial charge in [0.25, 0.3) is 6.47 Å². The molecule has 154 valence electrons. The standard InChI is InChI=1S/C22H22N4O4/c1-3-10-22(21-23-24-25-26(21)2)18-8-6-16(20(28)29)11-14(18)4-5-15-12-17(30-13-27)7-9-19(15)22/h6-9,11-13H,3-5,10H2,1-2H3,(H,28,29). The lowest BCUT2D eigenvalue weighted by Gasteiger charge is -2.35. The molecule has 1 atom stereocenters. The molecule has 1 aliphatic rings. The number of fused-ring (bicyclic) bond motifs is 2. The average molecular weight is 406 g/mol. The third-order valence-electron chi connectivity index (χ3n) is 5.82. The molecular weight excluding hydrogens is 384 g/mol. The van der Waals surface area contributed by atoms with Crippen LogP contribution in [0.2, 0.25) is 0 Å². The Balaban J connectivity index is 2.06. The number of hydrogen-bond donors (Lipinski definition) is 1. The fourth-order valence-electron chi connectivity index (χ4n) is 4.67. The van der Waals surface area contributed by atoms with Gasteiger partial charge in [-0.15, -0.1) is 5.10 Å². The number of ether oxygens (including phenoxy) is 1. The smallest absolute Gasteiger partial charge is 0.335 e. The molecule has 1 unspecified atom stereocenters. The molecule has 8 nitrogen and oxygen atoms in total. The van der Waals surface area contributed by atoms with Gasteiger partial charge in [-0.2, -0.15) is 0 Å². The summed E-state index contributed by atoms with van der Waals surface area (Å²) in [6.07, 6.45) is 2.93. The number of rotatable bonds is 6. The van der Waals surface area contributed by atoms with E-state index in [-0.39, 0.29) is 5.56 Å². The number of carboxylic acids is 1. The molecule has 1 aliphatic carbocycles. The first-order valence-corrected chi connectivity index (χ1v) is 9.84. The highest BCUT2D eigenvalue weighted by Gasteiger charge is 2.44. The molecule has 0 radical (unpaired) electrons. The Morgan fingerprint density at radius 1 is 1.20 bits per heavy atom. The second-order valence-corrected chi connectivity index (χ2v) is 7.49. The second-order valence-electron chi connectivity index (χ2n) is 7.49. The van der Waals surface area contributed by atoms with Gasteiger partial charge in [-0.25, -0.2) is 9.48 Å². The summed E-state index contributed by atoms with van der Waals surface area (Å²) in [7, 11) is 1.81. The molecule has 0 spiro atoms. The van der Waals surface area contributed by atoms with Crippen molar-refractivity contribution in [3.8, 4) is 5.75 Å². The third-order valence-corrected chi connectivity index (χ3v) is 5.82. The fourth-order valence-corrected chi connectivity index (χ4v) is 4.67. The van der Waals surface area contributed by atoms with Gasteiger partial charge in [0.2, 0.25) is 0 Å². The second kappa shape index (κ2) is 7.70. The van der Waals surface area contributed by atoms with Crippen LogP contribution in [-0.4, -0.2) is 37.8 Å². The van der Waals surface area contributed by atoms with Crippen LogP contribution in [0.3, 0.4) is 0 Å². The molecule has 0 fully saturated rings. The number of nitrogens with zero attached hydrogens (tertiary/aromatic N) is 4. The van der Waals surface area contributed by atoms with Crippen LogP contribution in [0.4, 0.5) is 0 Å². The zero-order chi connectivity index (χ0) is 21.3. The van der Waals surface area contributed by atoms with Crippen LogP contribution in [0.25, 0.3) is 0 Å². The zero-order valence-electron chi connectivity index (χ0n) is 16.8. The van der Waals surface area contributed by atoms with Crippen molar-refractivity contribution in [3.63, 3.8) is 0 Å². The van der Waals surface area contributed by atoms with Crippen molar-refractivity contribution in [1.29, 1.82) is 0 Å². The Hall–Kier alpha value is -3.55. The van der Waals surface area contributed by atoms with Crippen molar-refractivity contribution < 1.29 is 19.4 Å². The Bertz CT molecular complexity index is 1120. The fraction of sp³-hybridized carbons (Fsp3) is 0.318. The van der Waals surface area contributed by atoms with Crippen LogP contribution in [-0.2, 0) is 30.1 Å². The Labute approximate surface area is 173 Å². The number of aryl methyl sites for hydroxylation is 3. The number of aromatic carboxylic acids is 1. The molecule has 0 saturated heterocycles. The summed E-state index contributed by atoms with van der Waals surface area (Å²) in [6, 6.07) is 10.9. The van der Waals surface area contributed by atoms with Crippen molar-refractivity contribution in [2.45, 2.75) is 38.0 Å². The van der Waals surface area contributed by atoms with Gasteiger partial charge in [0.05, 0.1) is 11.0 Å². The number of aromatic nitrogens is 4. The SMILES string of the molecule is CCCC1(c2nnnn2C)c2ccc(OC=O)cc2CCc2cc(C(=O)O)ccc21. The van der Waals surface area contributed by atoms with E-state index in [0.29, 0.717) is 30.9 Å². The Kier molecular flexibility index (Phi) is 5.07. The van der Waals surface area contributed by atoms with Crippen molar-refractivity contribution in [1.82, 2.24) is 20.2 Å². The molecular formula is C22H22N4O4. The number of carboxylic acid groups (broad SMARTS) is 1. The lowest BCUT2D eigenvalue weighted by molar-refractivity contribution is -0.120. The molecule has 0 saturated carbocycles.